The van der Waals surface area contributed by atoms with Crippen LogP contribution in [0.5, 0.6) is 0 Å². The third-order valence-corrected chi connectivity index (χ3v) is 6.11. The molecule has 2 rings (SSSR count). The number of benzene rings is 1. The van der Waals surface area contributed by atoms with E-state index in [1.165, 1.54) is 0 Å². The first-order valence-corrected chi connectivity index (χ1v) is 8.42. The number of fused-ring (bicyclic) bond motifs is 1. The van der Waals surface area contributed by atoms with Gasteiger partial charge in [0.15, 0.2) is 0 Å². The molecule has 0 aromatic heterocycles. The maximum atomic E-state index is 12.1. The Morgan fingerprint density at radius 2 is 1.75 bits per heavy atom. The first-order chi connectivity index (χ1) is 9.22. The van der Waals surface area contributed by atoms with Gasteiger partial charge in [-0.3, -0.25) is 4.55 Å². The van der Waals surface area contributed by atoms with Crippen LogP contribution < -0.4 is 0 Å². The second kappa shape index (κ2) is 5.01. The Kier molecular flexibility index (Phi) is 3.82. The summed E-state index contributed by atoms with van der Waals surface area (Å²) in [4.78, 5) is 0. The molecule has 4 heteroatoms. The molecule has 1 atom stereocenters. The fourth-order valence-corrected chi connectivity index (χ4v) is 4.57. The molecule has 1 aromatic carbocycles. The molecule has 1 N–H and O–H groups in total. The van der Waals surface area contributed by atoms with Gasteiger partial charge in [-0.2, -0.15) is 8.42 Å². The smallest absolute Gasteiger partial charge is 0.275 e. The number of hydrogen-bond acceptors (Lipinski definition) is 2. The zero-order valence-electron chi connectivity index (χ0n) is 12.4. The largest absolute Gasteiger partial charge is 0.285 e. The summed E-state index contributed by atoms with van der Waals surface area (Å²) >= 11 is 0. The van der Waals surface area contributed by atoms with Gasteiger partial charge in [-0.15, -0.1) is 0 Å². The number of rotatable bonds is 3. The molecule has 0 saturated carbocycles. The summed E-state index contributed by atoms with van der Waals surface area (Å²) in [6.07, 6.45) is 2.30. The monoisotopic (exact) mass is 294 g/mol. The summed E-state index contributed by atoms with van der Waals surface area (Å²) in [5.41, 5.74) is 2.82. The fraction of sp³-hybridized carbons (Fsp3) is 0.500. The van der Waals surface area contributed by atoms with Crippen LogP contribution in [0.25, 0.3) is 5.57 Å². The lowest BCUT2D eigenvalue weighted by atomic mass is 9.74. The molecule has 1 aromatic rings. The molecular formula is C16H22O3S. The van der Waals surface area contributed by atoms with Gasteiger partial charge < -0.3 is 0 Å². The SMILES string of the molecule is CC(C)C1=CCC(C(C)C)(S(=O)(=O)O)c2ccccc21. The van der Waals surface area contributed by atoms with Gasteiger partial charge in [0.05, 0.1) is 0 Å². The number of allylic oxidation sites excluding steroid dienone is 2. The third-order valence-electron chi connectivity index (χ3n) is 4.33. The van der Waals surface area contributed by atoms with Gasteiger partial charge >= 0.3 is 0 Å². The molecule has 1 aliphatic rings. The first-order valence-electron chi connectivity index (χ1n) is 6.98. The van der Waals surface area contributed by atoms with Crippen molar-refractivity contribution >= 4 is 15.7 Å². The average Bonchev–Trinajstić information content (AvgIpc) is 2.35. The fourth-order valence-electron chi connectivity index (χ4n) is 3.22. The van der Waals surface area contributed by atoms with Crippen LogP contribution in [0.4, 0.5) is 0 Å². The van der Waals surface area contributed by atoms with Crippen LogP contribution in [-0.2, 0) is 14.9 Å². The van der Waals surface area contributed by atoms with Crippen molar-refractivity contribution in [3.8, 4) is 0 Å². The molecule has 0 heterocycles. The summed E-state index contributed by atoms with van der Waals surface area (Å²) in [5, 5.41) is 0. The van der Waals surface area contributed by atoms with Crippen LogP contribution in [0.3, 0.4) is 0 Å². The van der Waals surface area contributed by atoms with Crippen LogP contribution in [-0.4, -0.2) is 13.0 Å². The highest BCUT2D eigenvalue weighted by molar-refractivity contribution is 7.86. The van der Waals surface area contributed by atoms with E-state index in [0.717, 1.165) is 16.7 Å². The first kappa shape index (κ1) is 15.3. The molecular weight excluding hydrogens is 272 g/mol. The second-order valence-corrected chi connectivity index (χ2v) is 7.76. The Bertz CT molecular complexity index is 641. The predicted molar refractivity (Wildman–Crippen MR) is 81.9 cm³/mol. The molecule has 0 saturated heterocycles. The molecule has 0 fully saturated rings. The molecule has 3 nitrogen and oxygen atoms in total. The highest BCUT2D eigenvalue weighted by atomic mass is 32.2. The van der Waals surface area contributed by atoms with Crippen molar-refractivity contribution in [1.29, 1.82) is 0 Å². The summed E-state index contributed by atoms with van der Waals surface area (Å²) in [5.74, 6) is 0.117. The minimum Gasteiger partial charge on any atom is -0.285 e. The molecule has 0 bridgehead atoms. The van der Waals surface area contributed by atoms with Crippen LogP contribution in [0.1, 0.15) is 45.2 Å². The second-order valence-electron chi connectivity index (χ2n) is 6.08. The lowest BCUT2D eigenvalue weighted by Gasteiger charge is -2.39. The van der Waals surface area contributed by atoms with Crippen molar-refractivity contribution in [2.45, 2.75) is 38.9 Å². The minimum absolute atomic E-state index is 0.205. The summed E-state index contributed by atoms with van der Waals surface area (Å²) in [6, 6.07) is 7.53. The van der Waals surface area contributed by atoms with Crippen molar-refractivity contribution in [3.05, 3.63) is 41.5 Å². The zero-order chi connectivity index (χ0) is 15.1. The highest BCUT2D eigenvalue weighted by Crippen LogP contribution is 2.48. The average molecular weight is 294 g/mol. The van der Waals surface area contributed by atoms with Gasteiger partial charge in [0.2, 0.25) is 0 Å². The van der Waals surface area contributed by atoms with E-state index in [1.807, 2.05) is 44.2 Å². The Balaban J connectivity index is 2.79. The van der Waals surface area contributed by atoms with Crippen LogP contribution in [0.15, 0.2) is 30.3 Å². The van der Waals surface area contributed by atoms with Crippen LogP contribution in [0.2, 0.25) is 0 Å². The Hall–Kier alpha value is -1.13. The summed E-state index contributed by atoms with van der Waals surface area (Å²) in [7, 11) is -4.19. The van der Waals surface area contributed by atoms with Gasteiger partial charge in [-0.05, 0) is 35.0 Å². The van der Waals surface area contributed by atoms with E-state index in [4.69, 9.17) is 0 Å². The van der Waals surface area contributed by atoms with Gasteiger partial charge in [0.1, 0.15) is 4.75 Å². The highest BCUT2D eigenvalue weighted by Gasteiger charge is 2.49. The van der Waals surface area contributed by atoms with E-state index >= 15 is 0 Å². The van der Waals surface area contributed by atoms with Gasteiger partial charge in [-0.1, -0.05) is 58.0 Å². The van der Waals surface area contributed by atoms with Gasteiger partial charge in [-0.25, -0.2) is 0 Å². The quantitative estimate of drug-likeness (QED) is 0.861. The van der Waals surface area contributed by atoms with Crippen molar-refractivity contribution in [2.75, 3.05) is 0 Å². The van der Waals surface area contributed by atoms with Crippen molar-refractivity contribution in [3.63, 3.8) is 0 Å². The van der Waals surface area contributed by atoms with Crippen molar-refractivity contribution < 1.29 is 13.0 Å². The van der Waals surface area contributed by atoms with E-state index in [9.17, 15) is 13.0 Å². The van der Waals surface area contributed by atoms with Crippen molar-refractivity contribution in [2.24, 2.45) is 11.8 Å². The topological polar surface area (TPSA) is 54.4 Å². The van der Waals surface area contributed by atoms with E-state index in [2.05, 4.69) is 13.8 Å². The maximum Gasteiger partial charge on any atom is 0.275 e. The number of hydrogen-bond donors (Lipinski definition) is 1. The molecule has 110 valence electrons. The Labute approximate surface area is 121 Å². The van der Waals surface area contributed by atoms with Crippen LogP contribution in [0, 0.1) is 11.8 Å². The predicted octanol–water partition coefficient (Wildman–Crippen LogP) is 3.87. The van der Waals surface area contributed by atoms with E-state index in [1.54, 1.807) is 0 Å². The Morgan fingerprint density at radius 3 is 2.25 bits per heavy atom. The minimum atomic E-state index is -4.19. The van der Waals surface area contributed by atoms with Gasteiger partial charge in [0, 0.05) is 0 Å². The molecule has 0 aliphatic heterocycles. The molecule has 0 radical (unpaired) electrons. The molecule has 20 heavy (non-hydrogen) atoms. The van der Waals surface area contributed by atoms with Gasteiger partial charge in [0.25, 0.3) is 10.1 Å². The molecule has 0 spiro atoms. The summed E-state index contributed by atoms with van der Waals surface area (Å²) in [6.45, 7) is 7.88. The van der Waals surface area contributed by atoms with Crippen LogP contribution >= 0.6 is 0 Å². The molecule has 0 amide bonds. The van der Waals surface area contributed by atoms with E-state index < -0.39 is 14.9 Å². The lowest BCUT2D eigenvalue weighted by Crippen LogP contribution is -2.42. The summed E-state index contributed by atoms with van der Waals surface area (Å²) < 4.78 is 32.9. The molecule has 1 unspecified atom stereocenters. The molecule has 1 aliphatic carbocycles. The van der Waals surface area contributed by atoms with Crippen molar-refractivity contribution in [1.82, 2.24) is 0 Å². The van der Waals surface area contributed by atoms with E-state index in [0.29, 0.717) is 12.3 Å². The zero-order valence-corrected chi connectivity index (χ0v) is 13.2. The maximum absolute atomic E-state index is 12.1. The normalized spacial score (nSPS) is 22.9. The lowest BCUT2D eigenvalue weighted by molar-refractivity contribution is 0.359. The Morgan fingerprint density at radius 1 is 1.15 bits per heavy atom. The standard InChI is InChI=1S/C16H22O3S/c1-11(2)13-9-10-16(12(3)4,20(17,18)19)15-8-6-5-7-14(13)15/h5-9,11-12H,10H2,1-4H3,(H,17,18,19). The third kappa shape index (κ3) is 2.11. The van der Waals surface area contributed by atoms with E-state index in [-0.39, 0.29) is 5.92 Å².